The van der Waals surface area contributed by atoms with Gasteiger partial charge in [0.25, 0.3) is 0 Å². The van der Waals surface area contributed by atoms with E-state index in [1.807, 2.05) is 4.90 Å². The first kappa shape index (κ1) is 22.1. The first-order valence-corrected chi connectivity index (χ1v) is 10.2. The van der Waals surface area contributed by atoms with Crippen molar-refractivity contribution in [1.29, 1.82) is 0 Å². The number of likely N-dealkylation sites (tertiary alicyclic amines) is 1. The molecular weight excluding hydrogens is 344 g/mol. The van der Waals surface area contributed by atoms with E-state index in [2.05, 4.69) is 43.0 Å². The molecule has 0 radical (unpaired) electrons. The fourth-order valence-corrected chi connectivity index (χ4v) is 3.67. The Morgan fingerprint density at radius 3 is 2.07 bits per heavy atom. The second-order valence-electron chi connectivity index (χ2n) is 7.59. The van der Waals surface area contributed by atoms with E-state index in [1.165, 1.54) is 31.4 Å². The highest BCUT2D eigenvalue weighted by atomic mass is 16.4. The van der Waals surface area contributed by atoms with Crippen molar-refractivity contribution in [2.24, 2.45) is 0 Å². The molecule has 6 nitrogen and oxygen atoms in total. The first-order valence-electron chi connectivity index (χ1n) is 10.2. The lowest BCUT2D eigenvalue weighted by Gasteiger charge is -2.43. The number of aliphatic hydroxyl groups excluding tert-OH is 4. The van der Waals surface area contributed by atoms with Gasteiger partial charge in [0.1, 0.15) is 12.2 Å². The Bertz CT molecular complexity index is 531. The van der Waals surface area contributed by atoms with Crippen LogP contribution in [-0.2, 0) is 6.54 Å². The minimum atomic E-state index is -1.22. The molecule has 1 saturated heterocycles. The van der Waals surface area contributed by atoms with Gasteiger partial charge >= 0.3 is 0 Å². The maximum absolute atomic E-state index is 10.1. The third-order valence-corrected chi connectivity index (χ3v) is 5.47. The molecule has 0 saturated carbocycles. The minimum absolute atomic E-state index is 0.227. The molecule has 1 fully saturated rings. The van der Waals surface area contributed by atoms with Gasteiger partial charge in [-0.25, -0.2) is 0 Å². The average Bonchev–Trinajstić information content (AvgIpc) is 2.67. The number of β-amino-alcohol motifs (C(OH)–C–C–N with tert-alkyl or cyclic N) is 1. The molecule has 6 heteroatoms. The van der Waals surface area contributed by atoms with Crippen LogP contribution < -0.4 is 4.90 Å². The molecule has 0 aromatic heterocycles. The molecular formula is C21H36N2O4. The Kier molecular flexibility index (Phi) is 8.99. The lowest BCUT2D eigenvalue weighted by Crippen LogP contribution is -2.62. The molecule has 0 spiro atoms. The summed E-state index contributed by atoms with van der Waals surface area (Å²) in [6.07, 6.45) is 1.32. The molecule has 1 aromatic carbocycles. The maximum Gasteiger partial charge on any atom is 0.109 e. The standard InChI is InChI=1S/C21H36N2O4/c1-3-5-11-22(12-6-4-2)17-9-7-16(8-10-17)13-23-14-19(25)21(27)20(26)18(23)15-24/h7-10,18-21,24-27H,3-6,11-15H2,1-2H3/t18-,19-,20+,21+/m0/s1. The van der Waals surface area contributed by atoms with E-state index < -0.39 is 24.4 Å². The molecule has 27 heavy (non-hydrogen) atoms. The second-order valence-corrected chi connectivity index (χ2v) is 7.59. The summed E-state index contributed by atoms with van der Waals surface area (Å²) in [6, 6.07) is 7.81. The van der Waals surface area contributed by atoms with Crippen LogP contribution in [0, 0.1) is 0 Å². The molecule has 1 aliphatic rings. The fourth-order valence-electron chi connectivity index (χ4n) is 3.67. The summed E-state index contributed by atoms with van der Waals surface area (Å²) in [5.41, 5.74) is 2.27. The van der Waals surface area contributed by atoms with E-state index in [0.717, 1.165) is 18.7 Å². The van der Waals surface area contributed by atoms with Gasteiger partial charge in [0.15, 0.2) is 0 Å². The first-order chi connectivity index (χ1) is 13.0. The van der Waals surface area contributed by atoms with Gasteiger partial charge < -0.3 is 25.3 Å². The van der Waals surface area contributed by atoms with Crippen LogP contribution in [0.1, 0.15) is 45.1 Å². The van der Waals surface area contributed by atoms with Crippen LogP contribution in [0.25, 0.3) is 0 Å². The molecule has 0 unspecified atom stereocenters. The molecule has 4 N–H and O–H groups in total. The molecule has 1 aromatic rings. The van der Waals surface area contributed by atoms with Crippen molar-refractivity contribution in [3.8, 4) is 0 Å². The highest BCUT2D eigenvalue weighted by molar-refractivity contribution is 5.47. The average molecular weight is 381 g/mol. The van der Waals surface area contributed by atoms with Crippen LogP contribution in [-0.4, -0.2) is 75.9 Å². The van der Waals surface area contributed by atoms with Crippen LogP contribution in [0.3, 0.4) is 0 Å². The van der Waals surface area contributed by atoms with Gasteiger partial charge in [0.2, 0.25) is 0 Å². The number of hydrogen-bond acceptors (Lipinski definition) is 6. The van der Waals surface area contributed by atoms with Gasteiger partial charge in [-0.05, 0) is 30.5 Å². The van der Waals surface area contributed by atoms with Crippen LogP contribution in [0.4, 0.5) is 5.69 Å². The normalized spacial score (nSPS) is 26.3. The number of benzene rings is 1. The van der Waals surface area contributed by atoms with E-state index >= 15 is 0 Å². The van der Waals surface area contributed by atoms with E-state index in [9.17, 15) is 20.4 Å². The highest BCUT2D eigenvalue weighted by Crippen LogP contribution is 2.23. The Labute approximate surface area is 163 Å². The Hall–Kier alpha value is -1.18. The molecule has 1 heterocycles. The number of anilines is 1. The van der Waals surface area contributed by atoms with E-state index in [4.69, 9.17) is 0 Å². The topological polar surface area (TPSA) is 87.4 Å². The molecule has 0 amide bonds. The third-order valence-electron chi connectivity index (χ3n) is 5.47. The van der Waals surface area contributed by atoms with Crippen LogP contribution in [0.5, 0.6) is 0 Å². The number of unbranched alkanes of at least 4 members (excludes halogenated alkanes) is 2. The largest absolute Gasteiger partial charge is 0.395 e. The van der Waals surface area contributed by atoms with Gasteiger partial charge in [0.05, 0.1) is 18.8 Å². The summed E-state index contributed by atoms with van der Waals surface area (Å²) in [4.78, 5) is 4.26. The van der Waals surface area contributed by atoms with Gasteiger partial charge in [-0.2, -0.15) is 0 Å². The molecule has 154 valence electrons. The smallest absolute Gasteiger partial charge is 0.109 e. The lowest BCUT2D eigenvalue weighted by molar-refractivity contribution is -0.147. The summed E-state index contributed by atoms with van der Waals surface area (Å²) in [5.74, 6) is 0. The highest BCUT2D eigenvalue weighted by Gasteiger charge is 2.40. The SMILES string of the molecule is CCCCN(CCCC)c1ccc(CN2C[C@H](O)[C@@H](O)[C@H](O)[C@@H]2CO)cc1. The zero-order valence-electron chi connectivity index (χ0n) is 16.7. The number of nitrogens with zero attached hydrogens (tertiary/aromatic N) is 2. The molecule has 0 aliphatic carbocycles. The summed E-state index contributed by atoms with van der Waals surface area (Å²) in [5, 5.41) is 39.5. The molecule has 4 atom stereocenters. The second kappa shape index (κ2) is 11.0. The van der Waals surface area contributed by atoms with Crippen molar-refractivity contribution >= 4 is 5.69 Å². The molecule has 1 aliphatic heterocycles. The van der Waals surface area contributed by atoms with Gasteiger partial charge in [0, 0.05) is 31.9 Å². The summed E-state index contributed by atoms with van der Waals surface area (Å²) < 4.78 is 0. The number of piperidine rings is 1. The molecule has 2 rings (SSSR count). The fraction of sp³-hybridized carbons (Fsp3) is 0.714. The summed E-state index contributed by atoms with van der Waals surface area (Å²) in [6.45, 7) is 7.01. The quantitative estimate of drug-likeness (QED) is 0.490. The van der Waals surface area contributed by atoms with Crippen LogP contribution in [0.15, 0.2) is 24.3 Å². The van der Waals surface area contributed by atoms with Gasteiger partial charge in [-0.15, -0.1) is 0 Å². The third kappa shape index (κ3) is 5.90. The predicted octanol–water partition coefficient (Wildman–Crippen LogP) is 1.35. The van der Waals surface area contributed by atoms with Crippen molar-refractivity contribution in [2.75, 3.05) is 31.1 Å². The number of rotatable bonds is 10. The van der Waals surface area contributed by atoms with E-state index in [0.29, 0.717) is 6.54 Å². The predicted molar refractivity (Wildman–Crippen MR) is 108 cm³/mol. The Morgan fingerprint density at radius 1 is 0.963 bits per heavy atom. The summed E-state index contributed by atoms with van der Waals surface area (Å²) in [7, 11) is 0. The number of aliphatic hydroxyl groups is 4. The Balaban J connectivity index is 2.04. The van der Waals surface area contributed by atoms with Crippen LogP contribution >= 0.6 is 0 Å². The van der Waals surface area contributed by atoms with Gasteiger partial charge in [-0.1, -0.05) is 38.8 Å². The van der Waals surface area contributed by atoms with Crippen molar-refractivity contribution in [2.45, 2.75) is 70.4 Å². The van der Waals surface area contributed by atoms with E-state index in [1.54, 1.807) is 0 Å². The van der Waals surface area contributed by atoms with Crippen molar-refractivity contribution < 1.29 is 20.4 Å². The van der Waals surface area contributed by atoms with Gasteiger partial charge in [-0.3, -0.25) is 4.90 Å². The van der Waals surface area contributed by atoms with Crippen LogP contribution in [0.2, 0.25) is 0 Å². The minimum Gasteiger partial charge on any atom is -0.395 e. The van der Waals surface area contributed by atoms with Crippen molar-refractivity contribution in [3.05, 3.63) is 29.8 Å². The molecule has 0 bridgehead atoms. The zero-order valence-corrected chi connectivity index (χ0v) is 16.7. The zero-order chi connectivity index (χ0) is 19.8. The summed E-state index contributed by atoms with van der Waals surface area (Å²) >= 11 is 0. The number of hydrogen-bond donors (Lipinski definition) is 4. The van der Waals surface area contributed by atoms with Crippen molar-refractivity contribution in [1.82, 2.24) is 4.90 Å². The van der Waals surface area contributed by atoms with Crippen molar-refractivity contribution in [3.63, 3.8) is 0 Å². The maximum atomic E-state index is 10.1. The lowest BCUT2D eigenvalue weighted by atomic mass is 9.93. The van der Waals surface area contributed by atoms with E-state index in [-0.39, 0.29) is 13.2 Å². The Morgan fingerprint density at radius 2 is 1.56 bits per heavy atom. The monoisotopic (exact) mass is 380 g/mol.